The molecule has 182 valence electrons. The topological polar surface area (TPSA) is 93.2 Å². The zero-order chi connectivity index (χ0) is 25.1. The molecule has 0 aliphatic carbocycles. The minimum Gasteiger partial charge on any atom is -0.444 e. The monoisotopic (exact) mass is 520 g/mol. The number of hydrogen-bond acceptors (Lipinski definition) is 7. The predicted octanol–water partition coefficient (Wildman–Crippen LogP) is 6.56. The van der Waals surface area contributed by atoms with E-state index in [1.165, 1.54) is 40.5 Å². The zero-order valence-corrected chi connectivity index (χ0v) is 19.8. The lowest BCUT2D eigenvalue weighted by atomic mass is 10.2. The molecule has 35 heavy (non-hydrogen) atoms. The zero-order valence-electron chi connectivity index (χ0n) is 18.2. The first-order chi connectivity index (χ1) is 16.6. The first-order valence-corrected chi connectivity index (χ1v) is 12.6. The van der Waals surface area contributed by atoms with Crippen molar-refractivity contribution < 1.29 is 26.3 Å². The largest absolute Gasteiger partial charge is 0.516 e. The lowest BCUT2D eigenvalue weighted by Crippen LogP contribution is -2.29. The molecule has 0 radical (unpaired) electrons. The van der Waals surface area contributed by atoms with Crippen LogP contribution in [-0.2, 0) is 16.4 Å². The van der Waals surface area contributed by atoms with Gasteiger partial charge in [0.15, 0.2) is 0 Å². The summed E-state index contributed by atoms with van der Waals surface area (Å²) in [5, 5.41) is 4.48. The van der Waals surface area contributed by atoms with Gasteiger partial charge in [0.25, 0.3) is 0 Å². The van der Waals surface area contributed by atoms with Crippen molar-refractivity contribution in [3.8, 4) is 22.1 Å². The summed E-state index contributed by atoms with van der Waals surface area (Å²) in [5.74, 6) is 0.819. The average Bonchev–Trinajstić information content (AvgIpc) is 3.22. The fourth-order valence-corrected chi connectivity index (χ4v) is 4.47. The molecule has 0 amide bonds. The van der Waals surface area contributed by atoms with E-state index >= 15 is 0 Å². The van der Waals surface area contributed by atoms with Crippen LogP contribution < -0.4 is 14.8 Å². The van der Waals surface area contributed by atoms with E-state index in [9.17, 15) is 21.6 Å². The van der Waals surface area contributed by atoms with Crippen LogP contribution in [0.25, 0.3) is 11.3 Å². The molecule has 2 aromatic heterocycles. The second-order valence-electron chi connectivity index (χ2n) is 7.20. The minimum atomic E-state index is -5.53. The number of thiazole rings is 1. The number of aryl methyl sites for hydroxylation is 1. The van der Waals surface area contributed by atoms with Crippen LogP contribution in [0.4, 0.5) is 30.4 Å². The molecule has 4 aromatic rings. The number of alkyl halides is 3. The molecule has 0 fully saturated rings. The maximum atomic E-state index is 12.7. The first kappa shape index (κ1) is 24.5. The van der Waals surface area contributed by atoms with Gasteiger partial charge in [-0.1, -0.05) is 54.7 Å². The fraction of sp³-hybridized carbons (Fsp3) is 0.130. The molecular weight excluding hydrogens is 501 g/mol. The van der Waals surface area contributed by atoms with E-state index in [0.717, 1.165) is 22.7 Å². The second kappa shape index (κ2) is 9.92. The van der Waals surface area contributed by atoms with E-state index in [0.29, 0.717) is 22.3 Å². The number of anilines is 3. The maximum absolute atomic E-state index is 12.7. The molecule has 2 N–H and O–H groups in total. The average molecular weight is 521 g/mol. The summed E-state index contributed by atoms with van der Waals surface area (Å²) < 4.78 is 68.3. The van der Waals surface area contributed by atoms with E-state index in [2.05, 4.69) is 15.3 Å². The Balaban J connectivity index is 1.54. The molecule has 0 atom stereocenters. The SMILES string of the molecule is CCc1nc(-c2ccccc2)c(Oc2ccnc(Nc3cccc(NS(=O)(=O)C(F)(F)F)c3)c2)s1. The van der Waals surface area contributed by atoms with Crippen LogP contribution in [0.5, 0.6) is 10.8 Å². The molecule has 0 unspecified atom stereocenters. The predicted molar refractivity (Wildman–Crippen MR) is 130 cm³/mol. The van der Waals surface area contributed by atoms with Crippen molar-refractivity contribution in [2.75, 3.05) is 10.0 Å². The maximum Gasteiger partial charge on any atom is 0.516 e. The Labute approximate surface area is 203 Å². The van der Waals surface area contributed by atoms with E-state index in [1.54, 1.807) is 18.2 Å². The number of rotatable bonds is 8. The molecule has 0 aliphatic heterocycles. The second-order valence-corrected chi connectivity index (χ2v) is 9.92. The van der Waals surface area contributed by atoms with Gasteiger partial charge in [-0.3, -0.25) is 4.72 Å². The van der Waals surface area contributed by atoms with Crippen molar-refractivity contribution in [3.63, 3.8) is 0 Å². The van der Waals surface area contributed by atoms with Crippen LogP contribution in [0, 0.1) is 0 Å². The van der Waals surface area contributed by atoms with Gasteiger partial charge >= 0.3 is 15.5 Å². The third-order valence-electron chi connectivity index (χ3n) is 4.62. The summed E-state index contributed by atoms with van der Waals surface area (Å²) in [7, 11) is -5.53. The van der Waals surface area contributed by atoms with Gasteiger partial charge in [-0.05, 0) is 30.7 Å². The molecule has 0 bridgehead atoms. The highest BCUT2D eigenvalue weighted by Crippen LogP contribution is 2.39. The number of nitrogens with zero attached hydrogens (tertiary/aromatic N) is 2. The Morgan fingerprint density at radius 1 is 1.00 bits per heavy atom. The van der Waals surface area contributed by atoms with Crippen molar-refractivity contribution >= 4 is 38.6 Å². The quantitative estimate of drug-likeness (QED) is 0.273. The van der Waals surface area contributed by atoms with E-state index in [1.807, 2.05) is 37.3 Å². The molecule has 0 aliphatic rings. The number of benzene rings is 2. The van der Waals surface area contributed by atoms with E-state index in [-0.39, 0.29) is 5.69 Å². The molecule has 0 spiro atoms. The summed E-state index contributed by atoms with van der Waals surface area (Å²) in [6.45, 7) is 2.01. The van der Waals surface area contributed by atoms with Gasteiger partial charge in [0.1, 0.15) is 17.3 Å². The van der Waals surface area contributed by atoms with E-state index in [4.69, 9.17) is 4.74 Å². The Kier molecular flexibility index (Phi) is 6.94. The number of sulfonamides is 1. The first-order valence-electron chi connectivity index (χ1n) is 10.3. The molecule has 12 heteroatoms. The summed E-state index contributed by atoms with van der Waals surface area (Å²) in [5.41, 5.74) is -3.69. The number of hydrogen-bond donors (Lipinski definition) is 2. The Hall–Kier alpha value is -3.64. The van der Waals surface area contributed by atoms with Crippen LogP contribution in [0.1, 0.15) is 11.9 Å². The highest BCUT2D eigenvalue weighted by molar-refractivity contribution is 7.93. The molecule has 0 saturated carbocycles. The number of pyridine rings is 1. The fourth-order valence-electron chi connectivity index (χ4n) is 3.02. The van der Waals surface area contributed by atoms with Crippen molar-refractivity contribution in [1.29, 1.82) is 0 Å². The van der Waals surface area contributed by atoms with Gasteiger partial charge < -0.3 is 10.1 Å². The third-order valence-corrected chi connectivity index (χ3v) is 6.82. The summed E-state index contributed by atoms with van der Waals surface area (Å²) in [6.07, 6.45) is 2.27. The van der Waals surface area contributed by atoms with Crippen LogP contribution in [0.3, 0.4) is 0 Å². The Morgan fingerprint density at radius 2 is 1.74 bits per heavy atom. The van der Waals surface area contributed by atoms with E-state index < -0.39 is 15.5 Å². The van der Waals surface area contributed by atoms with Crippen LogP contribution in [-0.4, -0.2) is 23.9 Å². The summed E-state index contributed by atoms with van der Waals surface area (Å²) in [4.78, 5) is 8.87. The van der Waals surface area contributed by atoms with Gasteiger partial charge in [0.2, 0.25) is 5.06 Å². The van der Waals surface area contributed by atoms with Gasteiger partial charge in [-0.15, -0.1) is 0 Å². The van der Waals surface area contributed by atoms with Crippen LogP contribution in [0.2, 0.25) is 0 Å². The Bertz CT molecular complexity index is 1430. The van der Waals surface area contributed by atoms with Gasteiger partial charge in [-0.2, -0.15) is 21.6 Å². The third kappa shape index (κ3) is 5.89. The molecule has 0 saturated heterocycles. The van der Waals surface area contributed by atoms with Gasteiger partial charge in [0, 0.05) is 23.5 Å². The molecule has 2 aromatic carbocycles. The number of nitrogens with one attached hydrogen (secondary N) is 2. The number of ether oxygens (including phenoxy) is 1. The smallest absolute Gasteiger partial charge is 0.444 e. The molecule has 7 nitrogen and oxygen atoms in total. The summed E-state index contributed by atoms with van der Waals surface area (Å²) >= 11 is 1.44. The van der Waals surface area contributed by atoms with Crippen LogP contribution in [0.15, 0.2) is 72.9 Å². The van der Waals surface area contributed by atoms with Crippen LogP contribution >= 0.6 is 11.3 Å². The minimum absolute atomic E-state index is 0.246. The van der Waals surface area contributed by atoms with Gasteiger partial charge in [-0.25, -0.2) is 9.97 Å². The summed E-state index contributed by atoms with van der Waals surface area (Å²) in [6, 6.07) is 18.3. The lowest BCUT2D eigenvalue weighted by molar-refractivity contribution is -0.0429. The van der Waals surface area contributed by atoms with Crippen molar-refractivity contribution in [3.05, 3.63) is 77.9 Å². The van der Waals surface area contributed by atoms with Gasteiger partial charge in [0.05, 0.1) is 10.7 Å². The standard InChI is InChI=1S/C23H19F3N4O3S2/c1-2-20-29-21(15-7-4-3-5-8-15)22(34-20)33-18-11-12-27-19(14-18)28-16-9-6-10-17(13-16)30-35(31,32)23(24,25)26/h3-14,30H,2H2,1H3,(H,27,28). The molecule has 2 heterocycles. The highest BCUT2D eigenvalue weighted by Gasteiger charge is 2.46. The molecular formula is C23H19F3N4O3S2. The Morgan fingerprint density at radius 3 is 2.46 bits per heavy atom. The normalized spacial score (nSPS) is 11.8. The lowest BCUT2D eigenvalue weighted by Gasteiger charge is -2.12. The molecule has 4 rings (SSSR count). The number of aromatic nitrogens is 2. The van der Waals surface area contributed by atoms with Crippen molar-refractivity contribution in [2.24, 2.45) is 0 Å². The number of halogens is 3. The van der Waals surface area contributed by atoms with Crippen molar-refractivity contribution in [1.82, 2.24) is 9.97 Å². The van der Waals surface area contributed by atoms with Crippen molar-refractivity contribution in [2.45, 2.75) is 18.9 Å². The highest BCUT2D eigenvalue weighted by atomic mass is 32.2.